The lowest BCUT2D eigenvalue weighted by atomic mass is 10.1. The lowest BCUT2D eigenvalue weighted by Gasteiger charge is -2.28. The molecule has 0 radical (unpaired) electrons. The van der Waals surface area contributed by atoms with Crippen molar-refractivity contribution in [2.24, 2.45) is 17.2 Å². The lowest BCUT2D eigenvalue weighted by molar-refractivity contribution is 0.126. The zero-order valence-electron chi connectivity index (χ0n) is 14.0. The molecule has 6 heteroatoms. The Bertz CT molecular complexity index is 222. The molecule has 6 nitrogen and oxygen atoms in total. The van der Waals surface area contributed by atoms with E-state index in [1.54, 1.807) is 0 Å². The smallest absolute Gasteiger partial charge is 0.0639 e. The molecule has 0 aliphatic rings. The van der Waals surface area contributed by atoms with Crippen LogP contribution in [0.1, 0.15) is 33.1 Å². The molecule has 0 aromatic rings. The normalized spacial score (nSPS) is 14.9. The highest BCUT2D eigenvalue weighted by Gasteiger charge is 2.12. The van der Waals surface area contributed by atoms with Crippen molar-refractivity contribution in [2.45, 2.75) is 45.3 Å². The van der Waals surface area contributed by atoms with Crippen LogP contribution in [0.15, 0.2) is 0 Å². The summed E-state index contributed by atoms with van der Waals surface area (Å²) in [6.07, 6.45) is 3.18. The summed E-state index contributed by atoms with van der Waals surface area (Å²) in [5.41, 5.74) is 16.9. The Kier molecular flexibility index (Phi) is 13.3. The van der Waals surface area contributed by atoms with Crippen LogP contribution in [0.3, 0.4) is 0 Å². The molecule has 0 fully saturated rings. The van der Waals surface area contributed by atoms with Crippen LogP contribution in [-0.2, 0) is 0 Å². The maximum atomic E-state index is 9.47. The second kappa shape index (κ2) is 13.4. The maximum Gasteiger partial charge on any atom is 0.0639 e. The van der Waals surface area contributed by atoms with Gasteiger partial charge in [-0.25, -0.2) is 0 Å². The monoisotopic (exact) mass is 303 g/mol. The molecule has 0 aliphatic heterocycles. The molecule has 0 bridgehead atoms. The van der Waals surface area contributed by atoms with E-state index in [1.807, 2.05) is 6.92 Å². The van der Waals surface area contributed by atoms with Gasteiger partial charge in [-0.3, -0.25) is 9.80 Å². The minimum absolute atomic E-state index is 0.292. The molecule has 0 saturated carbocycles. The Labute approximate surface area is 130 Å². The predicted octanol–water partition coefficient (Wildman–Crippen LogP) is -0.594. The van der Waals surface area contributed by atoms with Crippen molar-refractivity contribution < 1.29 is 5.11 Å². The van der Waals surface area contributed by atoms with Gasteiger partial charge in [0.2, 0.25) is 0 Å². The van der Waals surface area contributed by atoms with Gasteiger partial charge >= 0.3 is 0 Å². The second-order valence-corrected chi connectivity index (χ2v) is 5.90. The number of aliphatic hydroxyl groups excluding tert-OH is 1. The van der Waals surface area contributed by atoms with Crippen molar-refractivity contribution in [2.75, 3.05) is 52.4 Å². The molecule has 0 amide bonds. The van der Waals surface area contributed by atoms with Gasteiger partial charge in [0.05, 0.1) is 6.10 Å². The highest BCUT2D eigenvalue weighted by Crippen LogP contribution is 2.08. The molecular formula is C15H37N5O. The minimum Gasteiger partial charge on any atom is -0.392 e. The largest absolute Gasteiger partial charge is 0.392 e. The van der Waals surface area contributed by atoms with E-state index in [9.17, 15) is 5.11 Å². The van der Waals surface area contributed by atoms with Gasteiger partial charge in [0.15, 0.2) is 0 Å². The quantitative estimate of drug-likeness (QED) is 0.320. The summed E-state index contributed by atoms with van der Waals surface area (Å²) in [5.74, 6) is 0. The first-order valence-corrected chi connectivity index (χ1v) is 8.29. The number of rotatable bonds is 14. The molecule has 128 valence electrons. The Hall–Kier alpha value is -0.240. The summed E-state index contributed by atoms with van der Waals surface area (Å²) in [6, 6.07) is 0.525. The van der Waals surface area contributed by atoms with Crippen molar-refractivity contribution in [3.63, 3.8) is 0 Å². The van der Waals surface area contributed by atoms with Crippen LogP contribution in [0.5, 0.6) is 0 Å². The lowest BCUT2D eigenvalue weighted by Crippen LogP contribution is -2.40. The third kappa shape index (κ3) is 11.0. The Morgan fingerprint density at radius 3 is 1.90 bits per heavy atom. The molecule has 0 spiro atoms. The van der Waals surface area contributed by atoms with Gasteiger partial charge in [-0.05, 0) is 33.2 Å². The summed E-state index contributed by atoms with van der Waals surface area (Å²) in [5, 5.41) is 9.47. The molecular weight excluding hydrogens is 266 g/mol. The van der Waals surface area contributed by atoms with Crippen LogP contribution in [0.25, 0.3) is 0 Å². The number of hydrogen-bond acceptors (Lipinski definition) is 6. The van der Waals surface area contributed by atoms with Gasteiger partial charge in [0.1, 0.15) is 0 Å². The molecule has 0 aromatic carbocycles. The summed E-state index contributed by atoms with van der Waals surface area (Å²) < 4.78 is 0. The van der Waals surface area contributed by atoms with E-state index < -0.39 is 0 Å². The van der Waals surface area contributed by atoms with Crippen LogP contribution in [-0.4, -0.2) is 79.4 Å². The van der Waals surface area contributed by atoms with E-state index in [0.717, 1.165) is 39.0 Å². The van der Waals surface area contributed by atoms with E-state index >= 15 is 0 Å². The Morgan fingerprint density at radius 2 is 1.43 bits per heavy atom. The molecule has 0 saturated heterocycles. The van der Waals surface area contributed by atoms with Crippen molar-refractivity contribution in [3.8, 4) is 0 Å². The van der Waals surface area contributed by atoms with Gasteiger partial charge in [-0.2, -0.15) is 0 Å². The van der Waals surface area contributed by atoms with Crippen LogP contribution in [0.4, 0.5) is 0 Å². The predicted molar refractivity (Wildman–Crippen MR) is 90.2 cm³/mol. The highest BCUT2D eigenvalue weighted by atomic mass is 16.3. The summed E-state index contributed by atoms with van der Waals surface area (Å²) in [7, 11) is 0. The van der Waals surface area contributed by atoms with Gasteiger partial charge in [-0.1, -0.05) is 6.42 Å². The molecule has 0 aliphatic carbocycles. The first-order valence-electron chi connectivity index (χ1n) is 8.29. The van der Waals surface area contributed by atoms with Gasteiger partial charge < -0.3 is 22.3 Å². The van der Waals surface area contributed by atoms with Crippen LogP contribution in [0, 0.1) is 0 Å². The fourth-order valence-corrected chi connectivity index (χ4v) is 2.69. The number of unbranched alkanes of at least 4 members (excludes halogenated alkanes) is 1. The summed E-state index contributed by atoms with van der Waals surface area (Å²) in [6.45, 7) is 10.5. The van der Waals surface area contributed by atoms with Crippen LogP contribution < -0.4 is 17.2 Å². The average Bonchev–Trinajstić information content (AvgIpc) is 2.42. The fourth-order valence-electron chi connectivity index (χ4n) is 2.69. The highest BCUT2D eigenvalue weighted by molar-refractivity contribution is 4.69. The average molecular weight is 303 g/mol. The van der Waals surface area contributed by atoms with Crippen LogP contribution >= 0.6 is 0 Å². The number of nitrogens with two attached hydrogens (primary N) is 3. The first-order chi connectivity index (χ1) is 10.0. The summed E-state index contributed by atoms with van der Waals surface area (Å²) in [4.78, 5) is 4.61. The van der Waals surface area contributed by atoms with E-state index in [0.29, 0.717) is 32.2 Å². The van der Waals surface area contributed by atoms with E-state index in [2.05, 4.69) is 16.7 Å². The van der Waals surface area contributed by atoms with Crippen LogP contribution in [0.2, 0.25) is 0 Å². The number of nitrogens with zero attached hydrogens (tertiary/aromatic N) is 2. The third-order valence-corrected chi connectivity index (χ3v) is 3.77. The van der Waals surface area contributed by atoms with Gasteiger partial charge in [0.25, 0.3) is 0 Å². The summed E-state index contributed by atoms with van der Waals surface area (Å²) >= 11 is 0. The number of aliphatic hydroxyl groups is 1. The van der Waals surface area contributed by atoms with Crippen molar-refractivity contribution in [1.82, 2.24) is 9.80 Å². The molecule has 21 heavy (non-hydrogen) atoms. The Morgan fingerprint density at radius 1 is 0.857 bits per heavy atom. The third-order valence-electron chi connectivity index (χ3n) is 3.77. The van der Waals surface area contributed by atoms with Gasteiger partial charge in [-0.15, -0.1) is 0 Å². The van der Waals surface area contributed by atoms with Gasteiger partial charge in [0, 0.05) is 51.9 Å². The topological polar surface area (TPSA) is 105 Å². The van der Waals surface area contributed by atoms with E-state index in [-0.39, 0.29) is 6.10 Å². The minimum atomic E-state index is -0.292. The zero-order valence-corrected chi connectivity index (χ0v) is 14.0. The standard InChI is InChI=1S/C15H37N5O/c1-14(20(11-7-17)12-8-18)5-3-4-9-19(10-6-16)13-15(2)21/h14-15,21H,3-13,16-18H2,1-2H3. The van der Waals surface area contributed by atoms with Crippen molar-refractivity contribution in [3.05, 3.63) is 0 Å². The first kappa shape index (κ1) is 20.8. The molecule has 7 N–H and O–H groups in total. The molecule has 0 aromatic heterocycles. The molecule has 0 heterocycles. The molecule has 2 atom stereocenters. The fraction of sp³-hybridized carbons (Fsp3) is 1.00. The maximum absolute atomic E-state index is 9.47. The zero-order chi connectivity index (χ0) is 16.1. The number of hydrogen-bond donors (Lipinski definition) is 4. The molecule has 0 rings (SSSR count). The second-order valence-electron chi connectivity index (χ2n) is 5.90. The van der Waals surface area contributed by atoms with E-state index in [1.165, 1.54) is 6.42 Å². The Balaban J connectivity index is 3.93. The molecule has 2 unspecified atom stereocenters. The van der Waals surface area contributed by atoms with E-state index in [4.69, 9.17) is 17.2 Å². The van der Waals surface area contributed by atoms with Crippen molar-refractivity contribution >= 4 is 0 Å². The van der Waals surface area contributed by atoms with Crippen molar-refractivity contribution in [1.29, 1.82) is 0 Å². The SMILES string of the molecule is CC(O)CN(CCN)CCCCC(C)N(CCN)CCN.